The Bertz CT molecular complexity index is 1200. The number of ether oxygens (including phenoxy) is 1. The molecule has 0 spiro atoms. The van der Waals surface area contributed by atoms with Gasteiger partial charge in [0.2, 0.25) is 0 Å². The maximum absolute atomic E-state index is 12.1. The van der Waals surface area contributed by atoms with E-state index in [-0.39, 0.29) is 12.2 Å². The molecule has 9 heteroatoms. The van der Waals surface area contributed by atoms with Crippen LogP contribution in [0.3, 0.4) is 0 Å². The van der Waals surface area contributed by atoms with Crippen LogP contribution in [0.15, 0.2) is 41.3 Å². The quantitative estimate of drug-likeness (QED) is 0.571. The molecule has 0 saturated carbocycles. The molecule has 0 N–H and O–H groups in total. The van der Waals surface area contributed by atoms with Gasteiger partial charge in [-0.15, -0.1) is 0 Å². The fourth-order valence-electron chi connectivity index (χ4n) is 3.63. The van der Waals surface area contributed by atoms with E-state index in [1.165, 1.54) is 6.26 Å². The van der Waals surface area contributed by atoms with Crippen molar-refractivity contribution in [1.29, 1.82) is 0 Å². The molecule has 164 valence electrons. The van der Waals surface area contributed by atoms with Gasteiger partial charge in [-0.1, -0.05) is 23.5 Å². The molecule has 1 aliphatic heterocycles. The minimum Gasteiger partial charge on any atom is -0.447 e. The number of likely N-dealkylation sites (tertiary alicyclic amines) is 1. The number of rotatable bonds is 4. The lowest BCUT2D eigenvalue weighted by Gasteiger charge is -2.30. The van der Waals surface area contributed by atoms with Crippen LogP contribution in [0, 0.1) is 0 Å². The number of sulfone groups is 1. The highest BCUT2D eigenvalue weighted by molar-refractivity contribution is 7.90. The largest absolute Gasteiger partial charge is 0.447 e. The number of benzene rings is 1. The molecule has 1 aromatic carbocycles. The number of hydrogen-bond acceptors (Lipinski definition) is 7. The van der Waals surface area contributed by atoms with E-state index in [1.807, 2.05) is 26.0 Å². The highest BCUT2D eigenvalue weighted by atomic mass is 32.2. The van der Waals surface area contributed by atoms with E-state index in [1.54, 1.807) is 40.5 Å². The van der Waals surface area contributed by atoms with Crippen molar-refractivity contribution in [3.05, 3.63) is 41.4 Å². The monoisotopic (exact) mass is 459 g/mol. The van der Waals surface area contributed by atoms with Crippen molar-refractivity contribution in [2.75, 3.05) is 19.3 Å². The number of fused-ring (bicyclic) bond motifs is 1. The molecule has 1 saturated heterocycles. The Hall–Kier alpha value is -2.52. The predicted octanol–water partition coefficient (Wildman–Crippen LogP) is 4.49. The predicted molar refractivity (Wildman–Crippen MR) is 121 cm³/mol. The summed E-state index contributed by atoms with van der Waals surface area (Å²) in [7, 11) is -3.22. The number of nitrogens with zero attached hydrogens (tertiary/aromatic N) is 3. The SMILES string of the molecule is CC(C)OC(=O)N1CCC(c2nc3ccc(-c4ccc(S(C)(=O)=O)cc4)nc3s2)CC1. The summed E-state index contributed by atoms with van der Waals surface area (Å²) in [5, 5.41) is 1.05. The van der Waals surface area contributed by atoms with Crippen molar-refractivity contribution in [2.24, 2.45) is 0 Å². The van der Waals surface area contributed by atoms with Crippen LogP contribution in [0.4, 0.5) is 4.79 Å². The maximum Gasteiger partial charge on any atom is 0.410 e. The standard InChI is InChI=1S/C22H25N3O4S2/c1-14(2)29-22(26)25-12-10-16(11-13-25)20-24-19-9-8-18(23-21(19)30-20)15-4-6-17(7-5-15)31(3,27)28/h4-9,14,16H,10-13H2,1-3H3. The molecule has 3 heterocycles. The molecule has 31 heavy (non-hydrogen) atoms. The summed E-state index contributed by atoms with van der Waals surface area (Å²) in [4.78, 5) is 24.5. The number of hydrogen-bond donors (Lipinski definition) is 0. The van der Waals surface area contributed by atoms with Gasteiger partial charge in [-0.3, -0.25) is 0 Å². The zero-order valence-corrected chi connectivity index (χ0v) is 19.4. The number of thiazole rings is 1. The van der Waals surface area contributed by atoms with Crippen LogP contribution < -0.4 is 0 Å². The second-order valence-corrected chi connectivity index (χ2v) is 11.1. The third-order valence-electron chi connectivity index (χ3n) is 5.29. The Kier molecular flexibility index (Phi) is 5.98. The van der Waals surface area contributed by atoms with Gasteiger partial charge in [-0.25, -0.2) is 23.2 Å². The summed E-state index contributed by atoms with van der Waals surface area (Å²) in [5.74, 6) is 0.305. The van der Waals surface area contributed by atoms with E-state index in [0.717, 1.165) is 39.5 Å². The first kappa shape index (κ1) is 21.7. The first-order chi connectivity index (χ1) is 14.7. The summed E-state index contributed by atoms with van der Waals surface area (Å²) in [6, 6.07) is 10.6. The van der Waals surface area contributed by atoms with E-state index in [0.29, 0.717) is 23.9 Å². The van der Waals surface area contributed by atoms with E-state index in [9.17, 15) is 13.2 Å². The number of piperidine rings is 1. The molecule has 2 aromatic heterocycles. The van der Waals surface area contributed by atoms with E-state index in [2.05, 4.69) is 0 Å². The number of carbonyl (C=O) groups excluding carboxylic acids is 1. The zero-order chi connectivity index (χ0) is 22.2. The molecule has 1 amide bonds. The maximum atomic E-state index is 12.1. The van der Waals surface area contributed by atoms with E-state index in [4.69, 9.17) is 14.7 Å². The first-order valence-electron chi connectivity index (χ1n) is 10.2. The fraction of sp³-hybridized carbons (Fsp3) is 0.409. The third kappa shape index (κ3) is 4.88. The molecular weight excluding hydrogens is 434 g/mol. The highest BCUT2D eigenvalue weighted by Gasteiger charge is 2.27. The van der Waals surface area contributed by atoms with Crippen LogP contribution in [0.25, 0.3) is 21.6 Å². The molecule has 0 bridgehead atoms. The van der Waals surface area contributed by atoms with Crippen LogP contribution in [0.1, 0.15) is 37.6 Å². The lowest BCUT2D eigenvalue weighted by Crippen LogP contribution is -2.39. The summed E-state index contributed by atoms with van der Waals surface area (Å²) in [6.07, 6.45) is 2.55. The van der Waals surface area contributed by atoms with Crippen LogP contribution in [-0.2, 0) is 14.6 Å². The van der Waals surface area contributed by atoms with Gasteiger partial charge >= 0.3 is 6.09 Å². The average Bonchev–Trinajstić information content (AvgIpc) is 3.16. The van der Waals surface area contributed by atoms with Crippen molar-refractivity contribution in [2.45, 2.75) is 43.6 Å². The van der Waals surface area contributed by atoms with Crippen molar-refractivity contribution in [3.8, 4) is 11.3 Å². The molecule has 1 aliphatic rings. The number of carbonyl (C=O) groups is 1. The van der Waals surface area contributed by atoms with Crippen LogP contribution in [0.5, 0.6) is 0 Å². The molecule has 0 unspecified atom stereocenters. The number of pyridine rings is 1. The van der Waals surface area contributed by atoms with Gasteiger partial charge in [0.05, 0.1) is 21.7 Å². The average molecular weight is 460 g/mol. The van der Waals surface area contributed by atoms with Crippen molar-refractivity contribution in [1.82, 2.24) is 14.9 Å². The highest BCUT2D eigenvalue weighted by Crippen LogP contribution is 2.34. The van der Waals surface area contributed by atoms with Crippen LogP contribution in [-0.4, -0.2) is 54.8 Å². The van der Waals surface area contributed by atoms with Crippen LogP contribution >= 0.6 is 11.3 Å². The molecule has 0 aliphatic carbocycles. The first-order valence-corrected chi connectivity index (χ1v) is 12.9. The second kappa shape index (κ2) is 8.55. The molecule has 1 fully saturated rings. The minimum absolute atomic E-state index is 0.114. The van der Waals surface area contributed by atoms with Gasteiger partial charge in [0.15, 0.2) is 9.84 Å². The van der Waals surface area contributed by atoms with Gasteiger partial charge < -0.3 is 9.64 Å². The van der Waals surface area contributed by atoms with Crippen molar-refractivity contribution in [3.63, 3.8) is 0 Å². The van der Waals surface area contributed by atoms with Gasteiger partial charge in [-0.2, -0.15) is 0 Å². The van der Waals surface area contributed by atoms with Gasteiger partial charge in [0.1, 0.15) is 10.3 Å². The Morgan fingerprint density at radius 3 is 2.39 bits per heavy atom. The molecule has 7 nitrogen and oxygen atoms in total. The summed E-state index contributed by atoms with van der Waals surface area (Å²) in [5.41, 5.74) is 2.51. The van der Waals surface area contributed by atoms with Crippen molar-refractivity contribution < 1.29 is 17.9 Å². The molecule has 3 aromatic rings. The second-order valence-electron chi connectivity index (χ2n) is 8.06. The van der Waals surface area contributed by atoms with Gasteiger partial charge in [0, 0.05) is 30.8 Å². The Balaban J connectivity index is 1.49. The van der Waals surface area contributed by atoms with Gasteiger partial charge in [-0.05, 0) is 51.0 Å². The van der Waals surface area contributed by atoms with Gasteiger partial charge in [0.25, 0.3) is 0 Å². The molecule has 0 radical (unpaired) electrons. The number of amides is 1. The Labute approximate surface area is 186 Å². The van der Waals surface area contributed by atoms with Crippen LogP contribution in [0.2, 0.25) is 0 Å². The minimum atomic E-state index is -3.22. The summed E-state index contributed by atoms with van der Waals surface area (Å²) < 4.78 is 28.6. The lowest BCUT2D eigenvalue weighted by atomic mass is 9.98. The van der Waals surface area contributed by atoms with E-state index >= 15 is 0 Å². The third-order valence-corrected chi connectivity index (χ3v) is 7.55. The Morgan fingerprint density at radius 1 is 1.10 bits per heavy atom. The zero-order valence-electron chi connectivity index (χ0n) is 17.7. The Morgan fingerprint density at radius 2 is 1.77 bits per heavy atom. The molecule has 4 rings (SSSR count). The molecule has 0 atom stereocenters. The molecular formula is C22H25N3O4S2. The smallest absolute Gasteiger partial charge is 0.410 e. The summed E-state index contributed by atoms with van der Waals surface area (Å²) in [6.45, 7) is 5.04. The van der Waals surface area contributed by atoms with E-state index < -0.39 is 9.84 Å². The van der Waals surface area contributed by atoms with Crippen molar-refractivity contribution >= 4 is 37.6 Å². The fourth-order valence-corrected chi connectivity index (χ4v) is 5.36. The summed E-state index contributed by atoms with van der Waals surface area (Å²) >= 11 is 1.59. The normalized spacial score (nSPS) is 15.5. The topological polar surface area (TPSA) is 89.5 Å². The lowest BCUT2D eigenvalue weighted by molar-refractivity contribution is 0.0692. The number of aromatic nitrogens is 2.